The summed E-state index contributed by atoms with van der Waals surface area (Å²) >= 11 is 0. The highest BCUT2D eigenvalue weighted by molar-refractivity contribution is 5.98. The number of unbranched alkanes of at least 4 members (excludes halogenated alkanes) is 2. The number of hydrogen-bond donors (Lipinski definition) is 0. The van der Waals surface area contributed by atoms with Crippen LogP contribution < -0.4 is 0 Å². The average molecular weight is 166 g/mol. The van der Waals surface area contributed by atoms with E-state index in [1.165, 1.54) is 12.8 Å². The van der Waals surface area contributed by atoms with Crippen LogP contribution in [-0.2, 0) is 4.79 Å². The van der Waals surface area contributed by atoms with E-state index in [0.717, 1.165) is 24.8 Å². The predicted molar refractivity (Wildman–Crippen MR) is 51.0 cm³/mol. The van der Waals surface area contributed by atoms with Gasteiger partial charge in [-0.25, -0.2) is 0 Å². The van der Waals surface area contributed by atoms with Crippen molar-refractivity contribution >= 4 is 5.78 Å². The van der Waals surface area contributed by atoms with Gasteiger partial charge in [0.2, 0.25) is 0 Å². The molecule has 0 heterocycles. The lowest BCUT2D eigenvalue weighted by atomic mass is 10.1. The fourth-order valence-corrected chi connectivity index (χ4v) is 1.63. The second kappa shape index (κ2) is 4.44. The SMILES string of the molecule is CCCCC=C1CCC(C)C1=O. The van der Waals surface area contributed by atoms with Crippen LogP contribution in [0.2, 0.25) is 0 Å². The van der Waals surface area contributed by atoms with Crippen LogP contribution in [0.1, 0.15) is 46.0 Å². The molecule has 1 unspecified atom stereocenters. The van der Waals surface area contributed by atoms with E-state index in [1.807, 2.05) is 6.92 Å². The third kappa shape index (κ3) is 2.20. The third-order valence-electron chi connectivity index (χ3n) is 2.56. The largest absolute Gasteiger partial charge is 0.294 e. The quantitative estimate of drug-likeness (QED) is 0.465. The van der Waals surface area contributed by atoms with Gasteiger partial charge in [0, 0.05) is 5.92 Å². The van der Waals surface area contributed by atoms with Crippen molar-refractivity contribution in [3.05, 3.63) is 11.6 Å². The molecule has 1 rings (SSSR count). The molecule has 1 aliphatic carbocycles. The minimum Gasteiger partial charge on any atom is -0.294 e. The Kier molecular flexibility index (Phi) is 3.51. The maximum absolute atomic E-state index is 11.4. The smallest absolute Gasteiger partial charge is 0.161 e. The lowest BCUT2D eigenvalue weighted by molar-refractivity contribution is -0.117. The first-order valence-electron chi connectivity index (χ1n) is 4.99. The summed E-state index contributed by atoms with van der Waals surface area (Å²) in [6.07, 6.45) is 7.75. The van der Waals surface area contributed by atoms with Crippen LogP contribution in [-0.4, -0.2) is 5.78 Å². The van der Waals surface area contributed by atoms with E-state index in [9.17, 15) is 4.79 Å². The Morgan fingerprint density at radius 1 is 1.58 bits per heavy atom. The molecule has 0 aliphatic heterocycles. The zero-order chi connectivity index (χ0) is 8.97. The third-order valence-corrected chi connectivity index (χ3v) is 2.56. The van der Waals surface area contributed by atoms with Crippen LogP contribution in [0.5, 0.6) is 0 Å². The second-order valence-electron chi connectivity index (χ2n) is 3.68. The van der Waals surface area contributed by atoms with E-state index in [4.69, 9.17) is 0 Å². The summed E-state index contributed by atoms with van der Waals surface area (Å²) in [5.41, 5.74) is 1.09. The van der Waals surface area contributed by atoms with Crippen LogP contribution >= 0.6 is 0 Å². The highest BCUT2D eigenvalue weighted by Gasteiger charge is 2.24. The maximum atomic E-state index is 11.4. The zero-order valence-electron chi connectivity index (χ0n) is 8.10. The monoisotopic (exact) mass is 166 g/mol. The molecule has 0 bridgehead atoms. The number of allylic oxidation sites excluding steroid dienone is 2. The van der Waals surface area contributed by atoms with Crippen molar-refractivity contribution in [2.75, 3.05) is 0 Å². The Morgan fingerprint density at radius 2 is 2.33 bits per heavy atom. The van der Waals surface area contributed by atoms with Gasteiger partial charge in [-0.05, 0) is 24.8 Å². The normalized spacial score (nSPS) is 27.0. The molecule has 0 aromatic heterocycles. The molecule has 1 atom stereocenters. The highest BCUT2D eigenvalue weighted by Crippen LogP contribution is 2.26. The van der Waals surface area contributed by atoms with Crippen molar-refractivity contribution in [1.82, 2.24) is 0 Å². The van der Waals surface area contributed by atoms with Gasteiger partial charge in [0.05, 0.1) is 0 Å². The first-order valence-corrected chi connectivity index (χ1v) is 4.99. The standard InChI is InChI=1S/C11H18O/c1-3-4-5-6-10-8-7-9(2)11(10)12/h6,9H,3-5,7-8H2,1-2H3. The molecule has 1 aliphatic rings. The first kappa shape index (κ1) is 9.50. The second-order valence-corrected chi connectivity index (χ2v) is 3.68. The van der Waals surface area contributed by atoms with Crippen molar-refractivity contribution in [2.45, 2.75) is 46.0 Å². The average Bonchev–Trinajstić information content (AvgIpc) is 2.36. The molecule has 0 radical (unpaired) electrons. The number of carbonyl (C=O) groups is 1. The summed E-state index contributed by atoms with van der Waals surface area (Å²) in [6.45, 7) is 4.21. The van der Waals surface area contributed by atoms with E-state index in [0.29, 0.717) is 5.78 Å². The van der Waals surface area contributed by atoms with Crippen molar-refractivity contribution in [3.63, 3.8) is 0 Å². The summed E-state index contributed by atoms with van der Waals surface area (Å²) in [4.78, 5) is 11.4. The fourth-order valence-electron chi connectivity index (χ4n) is 1.63. The van der Waals surface area contributed by atoms with Gasteiger partial charge in [-0.15, -0.1) is 0 Å². The molecular weight excluding hydrogens is 148 g/mol. The summed E-state index contributed by atoms with van der Waals surface area (Å²) in [5.74, 6) is 0.684. The molecule has 1 fully saturated rings. The van der Waals surface area contributed by atoms with Gasteiger partial charge < -0.3 is 0 Å². The van der Waals surface area contributed by atoms with Crippen molar-refractivity contribution in [2.24, 2.45) is 5.92 Å². The van der Waals surface area contributed by atoms with Gasteiger partial charge in [0.15, 0.2) is 5.78 Å². The molecule has 0 spiro atoms. The van der Waals surface area contributed by atoms with E-state index in [2.05, 4.69) is 13.0 Å². The van der Waals surface area contributed by atoms with Gasteiger partial charge >= 0.3 is 0 Å². The minimum atomic E-state index is 0.290. The number of rotatable bonds is 3. The lowest BCUT2D eigenvalue weighted by Crippen LogP contribution is -2.02. The van der Waals surface area contributed by atoms with E-state index in [-0.39, 0.29) is 5.92 Å². The highest BCUT2D eigenvalue weighted by atomic mass is 16.1. The summed E-state index contributed by atoms with van der Waals surface area (Å²) in [6, 6.07) is 0. The van der Waals surface area contributed by atoms with Crippen LogP contribution in [0.4, 0.5) is 0 Å². The molecule has 0 N–H and O–H groups in total. The molecule has 0 aromatic rings. The van der Waals surface area contributed by atoms with Crippen LogP contribution in [0, 0.1) is 5.92 Å². The Hall–Kier alpha value is -0.590. The molecular formula is C11H18O. The number of Topliss-reactive ketones (excluding diaryl/α,β-unsaturated/α-hetero) is 1. The molecule has 1 saturated carbocycles. The van der Waals surface area contributed by atoms with Crippen molar-refractivity contribution in [1.29, 1.82) is 0 Å². The minimum absolute atomic E-state index is 0.290. The number of ketones is 1. The fraction of sp³-hybridized carbons (Fsp3) is 0.727. The van der Waals surface area contributed by atoms with Crippen molar-refractivity contribution < 1.29 is 4.79 Å². The molecule has 0 aromatic carbocycles. The number of hydrogen-bond acceptors (Lipinski definition) is 1. The van der Waals surface area contributed by atoms with Gasteiger partial charge in [-0.3, -0.25) is 4.79 Å². The van der Waals surface area contributed by atoms with Crippen molar-refractivity contribution in [3.8, 4) is 0 Å². The van der Waals surface area contributed by atoms with E-state index in [1.54, 1.807) is 0 Å². The van der Waals surface area contributed by atoms with Gasteiger partial charge in [0.25, 0.3) is 0 Å². The molecule has 68 valence electrons. The maximum Gasteiger partial charge on any atom is 0.161 e. The van der Waals surface area contributed by atoms with Gasteiger partial charge in [-0.2, -0.15) is 0 Å². The van der Waals surface area contributed by atoms with Gasteiger partial charge in [-0.1, -0.05) is 32.8 Å². The summed E-state index contributed by atoms with van der Waals surface area (Å²) in [7, 11) is 0. The zero-order valence-corrected chi connectivity index (χ0v) is 8.10. The Bertz CT molecular complexity index is 191. The molecule has 0 saturated heterocycles. The first-order chi connectivity index (χ1) is 5.75. The van der Waals surface area contributed by atoms with Crippen LogP contribution in [0.25, 0.3) is 0 Å². The van der Waals surface area contributed by atoms with Gasteiger partial charge in [0.1, 0.15) is 0 Å². The molecule has 12 heavy (non-hydrogen) atoms. The summed E-state index contributed by atoms with van der Waals surface area (Å²) < 4.78 is 0. The molecule has 1 heteroatoms. The Morgan fingerprint density at radius 3 is 2.83 bits per heavy atom. The van der Waals surface area contributed by atoms with E-state index < -0.39 is 0 Å². The van der Waals surface area contributed by atoms with Crippen LogP contribution in [0.15, 0.2) is 11.6 Å². The Labute approximate surface area is 74.9 Å². The number of carbonyl (C=O) groups excluding carboxylic acids is 1. The molecule has 1 nitrogen and oxygen atoms in total. The topological polar surface area (TPSA) is 17.1 Å². The predicted octanol–water partition coefficient (Wildman–Crippen LogP) is 3.10. The Balaban J connectivity index is 2.42. The van der Waals surface area contributed by atoms with E-state index >= 15 is 0 Å². The summed E-state index contributed by atoms with van der Waals surface area (Å²) in [5, 5.41) is 0. The lowest BCUT2D eigenvalue weighted by Gasteiger charge is -1.96. The molecule has 0 amide bonds. The van der Waals surface area contributed by atoms with Crippen LogP contribution in [0.3, 0.4) is 0 Å².